The molecule has 1 fully saturated rings. The molecule has 0 saturated carbocycles. The number of hydrazine groups is 1. The second-order valence-corrected chi connectivity index (χ2v) is 25.5. The number of nitrogens with zero attached hydrogens (tertiary/aromatic N) is 4. The highest BCUT2D eigenvalue weighted by atomic mass is 19.1. The molecule has 3 aliphatic rings. The largest absolute Gasteiger partial charge is 0.497 e. The minimum Gasteiger partial charge on any atom is -0.497 e. The number of nitrogens with two attached hydrogens (primary N) is 2. The van der Waals surface area contributed by atoms with E-state index in [2.05, 4.69) is 37.2 Å². The lowest BCUT2D eigenvalue weighted by Crippen LogP contribution is -2.61. The van der Waals surface area contributed by atoms with Gasteiger partial charge in [-0.05, 0) is 134 Å². The number of benzene rings is 4. The van der Waals surface area contributed by atoms with Crippen molar-refractivity contribution in [2.24, 2.45) is 11.6 Å². The molecule has 0 spiro atoms. The van der Waals surface area contributed by atoms with Crippen molar-refractivity contribution in [1.82, 2.24) is 56.6 Å². The number of likely N-dealkylation sites (tertiary alicyclic amines) is 1. The van der Waals surface area contributed by atoms with Gasteiger partial charge in [0.05, 0.1) is 39.5 Å². The summed E-state index contributed by atoms with van der Waals surface area (Å²) in [5.41, 5.74) is 11.7. The number of rotatable bonds is 13. The number of hydrogen-bond donors (Lipinski definition) is 9. The summed E-state index contributed by atoms with van der Waals surface area (Å²) in [4.78, 5) is 127. The van der Waals surface area contributed by atoms with Gasteiger partial charge in [-0.15, -0.1) is 0 Å². The average Bonchev–Trinajstić information content (AvgIpc) is 1.68. The molecule has 11 N–H and O–H groups in total. The van der Waals surface area contributed by atoms with Gasteiger partial charge >= 0.3 is 0 Å². The Kier molecular flexibility index (Phi) is 26.7. The van der Waals surface area contributed by atoms with Crippen LogP contribution < -0.4 is 53.5 Å². The molecule has 8 rings (SSSR count). The highest BCUT2D eigenvalue weighted by Crippen LogP contribution is 2.31. The van der Waals surface area contributed by atoms with Crippen molar-refractivity contribution < 1.29 is 57.0 Å². The standard InChI is InChI=1S/C72H94FN13O11/c1-6-59(79-46-87)67(91)81-61(36-49-20-24-57(96-5)25-21-49)70(94)86-31-13-29-72(86,3)71(95)76-30-27-50-19-22-52-40-77-64(88)17-8-7-9-18-65(89)78-41-66(90)80-60-37-51-16-12-15-48(34-51)14-10-11-33-97-47(2)28-32-83(4)69(93)62(82-68(60)92)38-54-42-84(63-26-23-55(73)39-58(54)63)44-56(74)45-85(75)43-53(52)35-50/h10-12,15-16,19-26,34-35,39,42,45-47,59-62H,6-9,13-14,17-18,27-33,36-38,40-41,43-44,74-75H2,1-5H3,(H,76,95)(H,77,88)(H,78,89)(H,79,87)(H,80,90)(H,81,91)(H,82,92)/b11-10+,56-45-/t47-,59+,60+,61+,62+,72+/m1/s1. The smallest absolute Gasteiger partial charge is 0.246 e. The molecule has 97 heavy (non-hydrogen) atoms. The van der Waals surface area contributed by atoms with Gasteiger partial charge in [0, 0.05) is 94.3 Å². The molecule has 0 aliphatic carbocycles. The number of allylic oxidation sites excluding steroid dienone is 2. The maximum absolute atomic E-state index is 15.4. The van der Waals surface area contributed by atoms with Crippen LogP contribution in [0.15, 0.2) is 115 Å². The molecule has 24 nitrogen and oxygen atoms in total. The number of carbonyl (C=O) groups is 9. The summed E-state index contributed by atoms with van der Waals surface area (Å²) in [5, 5.41) is 21.8. The number of nitrogens with one attached hydrogen (secondary N) is 7. The molecule has 1 saturated heterocycles. The molecule has 4 heterocycles. The molecule has 3 aliphatic heterocycles. The van der Waals surface area contributed by atoms with E-state index in [1.807, 2.05) is 61.5 Å². The predicted octanol–water partition coefficient (Wildman–Crippen LogP) is 4.07. The van der Waals surface area contributed by atoms with E-state index >= 15 is 4.39 Å². The number of methoxy groups -OCH3 is 1. The second kappa shape index (κ2) is 35.4. The third-order valence-corrected chi connectivity index (χ3v) is 18.1. The van der Waals surface area contributed by atoms with Crippen LogP contribution in [0.3, 0.4) is 0 Å². The van der Waals surface area contributed by atoms with Crippen LogP contribution in [0.4, 0.5) is 4.39 Å². The first-order valence-corrected chi connectivity index (χ1v) is 33.4. The van der Waals surface area contributed by atoms with E-state index in [-0.39, 0.29) is 102 Å². The Balaban J connectivity index is 1.04. The van der Waals surface area contributed by atoms with Crippen molar-refractivity contribution >= 4 is 64.6 Å². The zero-order chi connectivity index (χ0) is 69.6. The molecule has 6 atom stereocenters. The summed E-state index contributed by atoms with van der Waals surface area (Å²) in [6, 6.07) is 20.4. The minimum absolute atomic E-state index is 0.0459. The van der Waals surface area contributed by atoms with Crippen molar-refractivity contribution in [2.75, 3.05) is 46.9 Å². The van der Waals surface area contributed by atoms with Crippen molar-refractivity contribution in [3.63, 3.8) is 0 Å². The molecular formula is C72H94FN13O11. The van der Waals surface area contributed by atoms with E-state index in [0.29, 0.717) is 92.3 Å². The molecule has 520 valence electrons. The molecule has 25 heteroatoms. The first kappa shape index (κ1) is 73.2. The Morgan fingerprint density at radius 3 is 2.30 bits per heavy atom. The Morgan fingerprint density at radius 1 is 0.814 bits per heavy atom. The number of halogens is 1. The summed E-state index contributed by atoms with van der Waals surface area (Å²) in [6.45, 7) is 6.36. The van der Waals surface area contributed by atoms with E-state index < -0.39 is 71.6 Å². The normalized spacial score (nSPS) is 21.8. The number of amides is 9. The van der Waals surface area contributed by atoms with Crippen LogP contribution in [0, 0.1) is 5.82 Å². The van der Waals surface area contributed by atoms with Gasteiger partial charge in [0.25, 0.3) is 0 Å². The summed E-state index contributed by atoms with van der Waals surface area (Å²) >= 11 is 0. The van der Waals surface area contributed by atoms with E-state index in [1.165, 1.54) is 26.9 Å². The zero-order valence-electron chi connectivity index (χ0n) is 56.2. The highest BCUT2D eigenvalue weighted by molar-refractivity contribution is 5.97. The molecule has 6 bridgehead atoms. The van der Waals surface area contributed by atoms with Gasteiger partial charge < -0.3 is 71.8 Å². The number of fused-ring (bicyclic) bond motifs is 11. The van der Waals surface area contributed by atoms with E-state index in [0.717, 1.165) is 33.4 Å². The topological polar surface area (TPSA) is 323 Å². The van der Waals surface area contributed by atoms with Crippen molar-refractivity contribution in [3.8, 4) is 5.75 Å². The van der Waals surface area contributed by atoms with Gasteiger partial charge in [-0.2, -0.15) is 0 Å². The van der Waals surface area contributed by atoms with Crippen LogP contribution >= 0.6 is 0 Å². The van der Waals surface area contributed by atoms with Crippen LogP contribution in [-0.2, 0) is 99.6 Å². The van der Waals surface area contributed by atoms with Crippen LogP contribution in [0.5, 0.6) is 5.75 Å². The van der Waals surface area contributed by atoms with E-state index in [4.69, 9.17) is 21.1 Å². The van der Waals surface area contributed by atoms with Gasteiger partial charge in [0.15, 0.2) is 0 Å². The molecule has 0 radical (unpaired) electrons. The van der Waals surface area contributed by atoms with Gasteiger partial charge in [0.1, 0.15) is 41.3 Å². The van der Waals surface area contributed by atoms with Crippen molar-refractivity contribution in [1.29, 1.82) is 0 Å². The quantitative estimate of drug-likeness (QED) is 0.0456. The van der Waals surface area contributed by atoms with Crippen molar-refractivity contribution in [3.05, 3.63) is 160 Å². The minimum atomic E-state index is -1.26. The summed E-state index contributed by atoms with van der Waals surface area (Å²) < 4.78 is 28.6. The predicted molar refractivity (Wildman–Crippen MR) is 364 cm³/mol. The van der Waals surface area contributed by atoms with Crippen LogP contribution in [-0.4, -0.2) is 156 Å². The molecule has 1 aromatic heterocycles. The van der Waals surface area contributed by atoms with Crippen LogP contribution in [0.2, 0.25) is 0 Å². The van der Waals surface area contributed by atoms with Gasteiger partial charge in [-0.1, -0.05) is 80.1 Å². The number of likely N-dealkylation sites (N-methyl/N-ethyl adjacent to an activating group) is 1. The second-order valence-electron chi connectivity index (χ2n) is 25.5. The lowest BCUT2D eigenvalue weighted by atomic mass is 9.95. The van der Waals surface area contributed by atoms with Gasteiger partial charge in [-0.25, -0.2) is 10.2 Å². The number of ether oxygens (including phenoxy) is 2. The monoisotopic (exact) mass is 1340 g/mol. The Bertz CT molecular complexity index is 3670. The summed E-state index contributed by atoms with van der Waals surface area (Å²) in [5.74, 6) is 3.23. The molecule has 0 unspecified atom stereocenters. The van der Waals surface area contributed by atoms with Gasteiger partial charge in [0.2, 0.25) is 53.7 Å². The van der Waals surface area contributed by atoms with E-state index in [1.54, 1.807) is 75.3 Å². The molecule has 5 aromatic rings. The average molecular weight is 1340 g/mol. The number of hydrogen-bond acceptors (Lipinski definition) is 14. The maximum Gasteiger partial charge on any atom is 0.246 e. The molecule has 4 aromatic carbocycles. The lowest BCUT2D eigenvalue weighted by Gasteiger charge is -2.36. The SMILES string of the molecule is CC[C@H](NC=O)C(=O)N[C@@H](Cc1ccc(OC)cc1)C(=O)N1CCC[C@@]1(C)C(=O)NCCc1ccc2c(c1)CN(N)/C=C(\N)Cn1cc(c3cc(F)ccc31)C[C@@H]1NC(=O)[C@H](Cc3cccc(c3)C/C=C/CO[C@H](C)CCN(C)C1=O)NC(=O)CNC(=O)CCCCCC(=O)NC2. The highest BCUT2D eigenvalue weighted by Gasteiger charge is 2.47. The van der Waals surface area contributed by atoms with Crippen LogP contribution in [0.25, 0.3) is 10.9 Å². The molecular weight excluding hydrogens is 1240 g/mol. The zero-order valence-corrected chi connectivity index (χ0v) is 56.2. The first-order chi connectivity index (χ1) is 46.6. The number of aromatic nitrogens is 1. The van der Waals surface area contributed by atoms with Crippen molar-refractivity contribution in [2.45, 2.75) is 166 Å². The maximum atomic E-state index is 15.4. The summed E-state index contributed by atoms with van der Waals surface area (Å²) in [7, 11) is 3.18. The Labute approximate surface area is 566 Å². The third kappa shape index (κ3) is 20.9. The summed E-state index contributed by atoms with van der Waals surface area (Å²) in [6.07, 6.45) is 11.9. The lowest BCUT2D eigenvalue weighted by molar-refractivity contribution is -0.146. The Morgan fingerprint density at radius 2 is 1.56 bits per heavy atom. The molecule has 9 amide bonds. The van der Waals surface area contributed by atoms with Crippen LogP contribution in [0.1, 0.15) is 118 Å². The Hall–Kier alpha value is -9.62. The van der Waals surface area contributed by atoms with Gasteiger partial charge in [-0.3, -0.25) is 43.2 Å². The fourth-order valence-corrected chi connectivity index (χ4v) is 12.6. The van der Waals surface area contributed by atoms with E-state index in [9.17, 15) is 43.2 Å². The fraction of sp³-hybridized carbons (Fsp3) is 0.458. The fourth-order valence-electron chi connectivity index (χ4n) is 12.6. The third-order valence-electron chi connectivity index (χ3n) is 18.1. The number of carbonyl (C=O) groups excluding carboxylic acids is 9. The first-order valence-electron chi connectivity index (χ1n) is 33.4.